The van der Waals surface area contributed by atoms with Gasteiger partial charge in [-0.3, -0.25) is 9.48 Å². The molecule has 0 bridgehead atoms. The Morgan fingerprint density at radius 2 is 1.71 bits per heavy atom. The number of hydrogen-bond donors (Lipinski definition) is 1. The highest BCUT2D eigenvalue weighted by atomic mass is 19.4. The van der Waals surface area contributed by atoms with Crippen LogP contribution in [0.3, 0.4) is 0 Å². The first-order chi connectivity index (χ1) is 13.4. The quantitative estimate of drug-likeness (QED) is 0.657. The van der Waals surface area contributed by atoms with Crippen molar-refractivity contribution in [3.63, 3.8) is 0 Å². The van der Waals surface area contributed by atoms with Gasteiger partial charge in [0.25, 0.3) is 5.91 Å². The second kappa shape index (κ2) is 8.71. The fourth-order valence-electron chi connectivity index (χ4n) is 2.51. The SMILES string of the molecule is O=C(Nc1ccc(Cn2cccn2)cc1)c1ccc(COCC(F)(F)F)cc1. The summed E-state index contributed by atoms with van der Waals surface area (Å²) >= 11 is 0. The second-order valence-corrected chi connectivity index (χ2v) is 6.16. The molecule has 0 fully saturated rings. The van der Waals surface area contributed by atoms with Crippen LogP contribution < -0.4 is 5.32 Å². The molecule has 0 aliphatic rings. The lowest BCUT2D eigenvalue weighted by atomic mass is 10.1. The van der Waals surface area contributed by atoms with Crippen molar-refractivity contribution < 1.29 is 22.7 Å². The van der Waals surface area contributed by atoms with Crippen molar-refractivity contribution in [3.05, 3.63) is 83.7 Å². The zero-order valence-corrected chi connectivity index (χ0v) is 14.8. The van der Waals surface area contributed by atoms with Crippen LogP contribution in [0, 0.1) is 0 Å². The Labute approximate surface area is 159 Å². The topological polar surface area (TPSA) is 56.2 Å². The first-order valence-electron chi connectivity index (χ1n) is 8.50. The summed E-state index contributed by atoms with van der Waals surface area (Å²) in [5.74, 6) is -0.303. The fraction of sp³-hybridized carbons (Fsp3) is 0.200. The van der Waals surface area contributed by atoms with E-state index in [4.69, 9.17) is 0 Å². The van der Waals surface area contributed by atoms with E-state index < -0.39 is 12.8 Å². The third kappa shape index (κ3) is 5.95. The van der Waals surface area contributed by atoms with Crippen molar-refractivity contribution in [1.82, 2.24) is 9.78 Å². The molecular weight excluding hydrogens is 371 g/mol. The van der Waals surface area contributed by atoms with Crippen LogP contribution in [-0.2, 0) is 17.9 Å². The summed E-state index contributed by atoms with van der Waals surface area (Å²) < 4.78 is 42.6. The van der Waals surface area contributed by atoms with E-state index in [9.17, 15) is 18.0 Å². The largest absolute Gasteiger partial charge is 0.411 e. The van der Waals surface area contributed by atoms with Crippen molar-refractivity contribution in [1.29, 1.82) is 0 Å². The Kier molecular flexibility index (Phi) is 6.10. The number of nitrogens with zero attached hydrogens (tertiary/aromatic N) is 2. The van der Waals surface area contributed by atoms with E-state index in [0.717, 1.165) is 5.56 Å². The third-order valence-electron chi connectivity index (χ3n) is 3.87. The van der Waals surface area contributed by atoms with Gasteiger partial charge in [-0.1, -0.05) is 24.3 Å². The summed E-state index contributed by atoms with van der Waals surface area (Å²) in [4.78, 5) is 12.3. The van der Waals surface area contributed by atoms with Crippen molar-refractivity contribution in [2.75, 3.05) is 11.9 Å². The van der Waals surface area contributed by atoms with Gasteiger partial charge < -0.3 is 10.1 Å². The third-order valence-corrected chi connectivity index (χ3v) is 3.87. The van der Waals surface area contributed by atoms with Crippen molar-refractivity contribution in [2.45, 2.75) is 19.3 Å². The van der Waals surface area contributed by atoms with Crippen molar-refractivity contribution >= 4 is 11.6 Å². The molecule has 0 aliphatic heterocycles. The number of nitrogens with one attached hydrogen (secondary N) is 1. The molecule has 3 aromatic rings. The molecule has 1 aromatic heterocycles. The first kappa shape index (κ1) is 19.6. The molecule has 1 amide bonds. The number of anilines is 1. The number of carbonyl (C=O) groups excluding carboxylic acids is 1. The molecule has 8 heteroatoms. The van der Waals surface area contributed by atoms with Gasteiger partial charge in [0.05, 0.1) is 13.2 Å². The molecule has 0 aliphatic carbocycles. The standard InChI is InChI=1S/C20H18F3N3O2/c21-20(22,23)14-28-13-16-2-6-17(7-3-16)19(27)25-18-8-4-15(5-9-18)12-26-11-1-10-24-26/h1-11H,12-14H2,(H,25,27). The normalized spacial score (nSPS) is 11.4. The van der Waals surface area contributed by atoms with Crippen LogP contribution in [0.2, 0.25) is 0 Å². The van der Waals surface area contributed by atoms with Gasteiger partial charge in [0, 0.05) is 23.6 Å². The molecule has 5 nitrogen and oxygen atoms in total. The maximum absolute atomic E-state index is 12.3. The number of alkyl halides is 3. The number of aromatic nitrogens is 2. The minimum absolute atomic E-state index is 0.168. The van der Waals surface area contributed by atoms with Crippen LogP contribution in [0.25, 0.3) is 0 Å². The van der Waals surface area contributed by atoms with Gasteiger partial charge in [0.1, 0.15) is 6.61 Å². The van der Waals surface area contributed by atoms with Crippen molar-refractivity contribution in [2.24, 2.45) is 0 Å². The molecule has 28 heavy (non-hydrogen) atoms. The van der Waals surface area contributed by atoms with Crippen LogP contribution in [0.15, 0.2) is 67.0 Å². The van der Waals surface area contributed by atoms with E-state index in [1.54, 1.807) is 47.3 Å². The predicted molar refractivity (Wildman–Crippen MR) is 97.9 cm³/mol. The number of amides is 1. The van der Waals surface area contributed by atoms with Gasteiger partial charge in [0.2, 0.25) is 0 Å². The predicted octanol–water partition coefficient (Wildman–Crippen LogP) is 4.26. The van der Waals surface area contributed by atoms with E-state index in [1.165, 1.54) is 0 Å². The molecule has 0 spiro atoms. The molecule has 146 valence electrons. The molecule has 2 aromatic carbocycles. The average Bonchev–Trinajstić information content (AvgIpc) is 3.16. The molecule has 0 atom stereocenters. The summed E-state index contributed by atoms with van der Waals surface area (Å²) in [5, 5.41) is 6.93. The van der Waals surface area contributed by atoms with Crippen LogP contribution in [0.5, 0.6) is 0 Å². The number of hydrogen-bond acceptors (Lipinski definition) is 3. The van der Waals surface area contributed by atoms with Gasteiger partial charge in [-0.2, -0.15) is 18.3 Å². The molecular formula is C20H18F3N3O2. The highest BCUT2D eigenvalue weighted by Gasteiger charge is 2.27. The van der Waals surface area contributed by atoms with E-state index in [0.29, 0.717) is 23.4 Å². The maximum atomic E-state index is 12.3. The Hall–Kier alpha value is -3.13. The molecule has 1 heterocycles. The van der Waals surface area contributed by atoms with E-state index in [1.807, 2.05) is 24.4 Å². The number of ether oxygens (including phenoxy) is 1. The fourth-order valence-corrected chi connectivity index (χ4v) is 2.51. The van der Waals surface area contributed by atoms with Gasteiger partial charge in [-0.15, -0.1) is 0 Å². The van der Waals surface area contributed by atoms with Crippen molar-refractivity contribution in [3.8, 4) is 0 Å². The molecule has 0 radical (unpaired) electrons. The molecule has 0 saturated heterocycles. The smallest absolute Gasteiger partial charge is 0.367 e. The Balaban J connectivity index is 1.52. The molecule has 0 unspecified atom stereocenters. The maximum Gasteiger partial charge on any atom is 0.411 e. The summed E-state index contributed by atoms with van der Waals surface area (Å²) in [6.45, 7) is -0.830. The number of rotatable bonds is 7. The van der Waals surface area contributed by atoms with E-state index in [2.05, 4.69) is 15.2 Å². The summed E-state index contributed by atoms with van der Waals surface area (Å²) in [6.07, 6.45) is -0.774. The number of carbonyl (C=O) groups is 1. The zero-order chi connectivity index (χ0) is 20.0. The Bertz CT molecular complexity index is 890. The molecule has 3 rings (SSSR count). The van der Waals surface area contributed by atoms with Gasteiger partial charge in [-0.25, -0.2) is 0 Å². The van der Waals surface area contributed by atoms with Crippen LogP contribution in [0.1, 0.15) is 21.5 Å². The molecule has 1 N–H and O–H groups in total. The van der Waals surface area contributed by atoms with Crippen LogP contribution >= 0.6 is 0 Å². The lowest BCUT2D eigenvalue weighted by molar-refractivity contribution is -0.176. The van der Waals surface area contributed by atoms with E-state index in [-0.39, 0.29) is 12.5 Å². The molecule has 0 saturated carbocycles. The summed E-state index contributed by atoms with van der Waals surface area (Å²) in [6, 6.07) is 15.5. The highest BCUT2D eigenvalue weighted by molar-refractivity contribution is 6.04. The van der Waals surface area contributed by atoms with E-state index >= 15 is 0 Å². The van der Waals surface area contributed by atoms with Gasteiger partial charge >= 0.3 is 6.18 Å². The first-order valence-corrected chi connectivity index (χ1v) is 8.50. The highest BCUT2D eigenvalue weighted by Crippen LogP contribution is 2.16. The lowest BCUT2D eigenvalue weighted by Gasteiger charge is -2.09. The summed E-state index contributed by atoms with van der Waals surface area (Å²) in [7, 11) is 0. The second-order valence-electron chi connectivity index (χ2n) is 6.16. The minimum Gasteiger partial charge on any atom is -0.367 e. The average molecular weight is 389 g/mol. The van der Waals surface area contributed by atoms with Crippen LogP contribution in [-0.4, -0.2) is 28.5 Å². The Morgan fingerprint density at radius 1 is 1.04 bits per heavy atom. The van der Waals surface area contributed by atoms with Gasteiger partial charge in [0.15, 0.2) is 0 Å². The summed E-state index contributed by atoms with van der Waals surface area (Å²) in [5.41, 5.74) is 2.65. The Morgan fingerprint density at radius 3 is 2.32 bits per heavy atom. The number of benzene rings is 2. The minimum atomic E-state index is -4.35. The van der Waals surface area contributed by atoms with Gasteiger partial charge in [-0.05, 0) is 41.5 Å². The lowest BCUT2D eigenvalue weighted by Crippen LogP contribution is -2.16. The zero-order valence-electron chi connectivity index (χ0n) is 14.8. The van der Waals surface area contributed by atoms with Crippen LogP contribution in [0.4, 0.5) is 18.9 Å². The number of halogens is 3. The monoisotopic (exact) mass is 389 g/mol.